The minimum atomic E-state index is -4.66. The van der Waals surface area contributed by atoms with Crippen LogP contribution in [0.2, 0.25) is 0 Å². The van der Waals surface area contributed by atoms with Crippen molar-refractivity contribution in [1.29, 1.82) is 0 Å². The zero-order chi connectivity index (χ0) is 13.2. The van der Waals surface area contributed by atoms with Gasteiger partial charge in [0.2, 0.25) is 0 Å². The van der Waals surface area contributed by atoms with Gasteiger partial charge in [0.1, 0.15) is 5.75 Å². The molecule has 0 N–H and O–H groups in total. The molecule has 0 fully saturated rings. The van der Waals surface area contributed by atoms with Crippen LogP contribution in [-0.4, -0.2) is 21.4 Å². The van der Waals surface area contributed by atoms with Crippen LogP contribution in [0.25, 0.3) is 0 Å². The van der Waals surface area contributed by atoms with Gasteiger partial charge in [0, 0.05) is 6.20 Å². The summed E-state index contributed by atoms with van der Waals surface area (Å²) >= 11 is 0. The maximum Gasteiger partial charge on any atom is 0.573 e. The molecule has 0 aliphatic heterocycles. The van der Waals surface area contributed by atoms with Crippen molar-refractivity contribution in [1.82, 2.24) is 15.0 Å². The Morgan fingerprint density at radius 1 is 1.22 bits per heavy atom. The van der Waals surface area contributed by atoms with Gasteiger partial charge in [-0.2, -0.15) is 0 Å². The van der Waals surface area contributed by atoms with Crippen molar-refractivity contribution in [3.8, 4) is 5.75 Å². The molecule has 0 saturated carbocycles. The maximum absolute atomic E-state index is 11.9. The summed E-state index contributed by atoms with van der Waals surface area (Å²) < 4.78 is 41.2. The monoisotopic (exact) mass is 257 g/mol. The Kier molecular flexibility index (Phi) is 3.22. The standard InChI is InChI=1S/C11H10F3N3O/c1-8-6-17(16-15-8)7-9-2-4-10(5-3-9)18-11(12,13)14/h2-6H,7H2,1H3. The van der Waals surface area contributed by atoms with Crippen LogP contribution in [0.5, 0.6) is 5.75 Å². The van der Waals surface area contributed by atoms with Gasteiger partial charge < -0.3 is 4.74 Å². The predicted molar refractivity (Wildman–Crippen MR) is 57.0 cm³/mol. The Morgan fingerprint density at radius 3 is 2.39 bits per heavy atom. The van der Waals surface area contributed by atoms with Crippen LogP contribution in [0.1, 0.15) is 11.3 Å². The molecule has 4 nitrogen and oxygen atoms in total. The summed E-state index contributed by atoms with van der Waals surface area (Å²) in [5.41, 5.74) is 1.60. The van der Waals surface area contributed by atoms with Crippen molar-refractivity contribution in [3.05, 3.63) is 41.7 Å². The maximum atomic E-state index is 11.9. The van der Waals surface area contributed by atoms with Gasteiger partial charge in [0.25, 0.3) is 0 Å². The molecule has 0 bridgehead atoms. The van der Waals surface area contributed by atoms with E-state index in [1.165, 1.54) is 12.1 Å². The molecule has 2 rings (SSSR count). The summed E-state index contributed by atoms with van der Waals surface area (Å²) in [6, 6.07) is 5.65. The van der Waals surface area contributed by atoms with Crippen LogP contribution in [0.4, 0.5) is 13.2 Å². The van der Waals surface area contributed by atoms with Crippen LogP contribution in [0.3, 0.4) is 0 Å². The second kappa shape index (κ2) is 4.67. The molecule has 0 radical (unpaired) electrons. The average molecular weight is 257 g/mol. The SMILES string of the molecule is Cc1cn(Cc2ccc(OC(F)(F)F)cc2)nn1. The lowest BCUT2D eigenvalue weighted by Gasteiger charge is -2.09. The number of hydrogen-bond donors (Lipinski definition) is 0. The molecular formula is C11H10F3N3O. The van der Waals surface area contributed by atoms with Crippen molar-refractivity contribution in [2.75, 3.05) is 0 Å². The van der Waals surface area contributed by atoms with Crippen LogP contribution in [0, 0.1) is 6.92 Å². The first kappa shape index (κ1) is 12.4. The topological polar surface area (TPSA) is 39.9 Å². The van der Waals surface area contributed by atoms with Crippen molar-refractivity contribution < 1.29 is 17.9 Å². The largest absolute Gasteiger partial charge is 0.573 e. The van der Waals surface area contributed by atoms with Crippen LogP contribution < -0.4 is 4.74 Å². The number of aryl methyl sites for hydroxylation is 1. The molecule has 7 heteroatoms. The third-order valence-electron chi connectivity index (χ3n) is 2.15. The molecule has 0 atom stereocenters. The van der Waals surface area contributed by atoms with E-state index in [-0.39, 0.29) is 5.75 Å². The first-order valence-corrected chi connectivity index (χ1v) is 5.14. The number of halogens is 3. The highest BCUT2D eigenvalue weighted by atomic mass is 19.4. The van der Waals surface area contributed by atoms with Crippen LogP contribution in [0.15, 0.2) is 30.5 Å². The van der Waals surface area contributed by atoms with Crippen molar-refractivity contribution >= 4 is 0 Å². The molecule has 0 aliphatic rings. The third kappa shape index (κ3) is 3.47. The Hall–Kier alpha value is -2.05. The van der Waals surface area contributed by atoms with Gasteiger partial charge in [-0.15, -0.1) is 18.3 Å². The lowest BCUT2D eigenvalue weighted by molar-refractivity contribution is -0.274. The fourth-order valence-corrected chi connectivity index (χ4v) is 1.46. The summed E-state index contributed by atoms with van der Waals surface area (Å²) in [4.78, 5) is 0. The highest BCUT2D eigenvalue weighted by molar-refractivity contribution is 5.27. The van der Waals surface area contributed by atoms with Gasteiger partial charge in [-0.1, -0.05) is 17.3 Å². The molecular weight excluding hydrogens is 247 g/mol. The Morgan fingerprint density at radius 2 is 1.89 bits per heavy atom. The summed E-state index contributed by atoms with van der Waals surface area (Å²) in [6.07, 6.45) is -2.91. The van der Waals surface area contributed by atoms with Crippen LogP contribution in [-0.2, 0) is 6.54 Å². The molecule has 2 aromatic rings. The fraction of sp³-hybridized carbons (Fsp3) is 0.273. The zero-order valence-corrected chi connectivity index (χ0v) is 9.48. The van der Waals surface area contributed by atoms with Gasteiger partial charge >= 0.3 is 6.36 Å². The second-order valence-corrected chi connectivity index (χ2v) is 3.75. The molecule has 0 spiro atoms. The van der Waals surface area contributed by atoms with E-state index in [0.29, 0.717) is 6.54 Å². The van der Waals surface area contributed by atoms with Gasteiger partial charge in [-0.3, -0.25) is 0 Å². The molecule has 0 unspecified atom stereocenters. The lowest BCUT2D eigenvalue weighted by atomic mass is 10.2. The summed E-state index contributed by atoms with van der Waals surface area (Å²) in [6.45, 7) is 2.26. The fourth-order valence-electron chi connectivity index (χ4n) is 1.46. The Bertz CT molecular complexity index is 519. The number of alkyl halides is 3. The van der Waals surface area contributed by atoms with Gasteiger partial charge in [-0.05, 0) is 24.6 Å². The predicted octanol–water partition coefficient (Wildman–Crippen LogP) is 2.53. The minimum Gasteiger partial charge on any atom is -0.406 e. The second-order valence-electron chi connectivity index (χ2n) is 3.75. The van der Waals surface area contributed by atoms with E-state index in [9.17, 15) is 13.2 Å². The van der Waals surface area contributed by atoms with E-state index in [1.807, 2.05) is 6.92 Å². The van der Waals surface area contributed by atoms with Gasteiger partial charge in [0.15, 0.2) is 0 Å². The Balaban J connectivity index is 2.04. The summed E-state index contributed by atoms with van der Waals surface area (Å²) in [7, 11) is 0. The Labute approximate surface area is 101 Å². The molecule has 96 valence electrons. The third-order valence-corrected chi connectivity index (χ3v) is 2.15. The minimum absolute atomic E-state index is 0.235. The lowest BCUT2D eigenvalue weighted by Crippen LogP contribution is -2.17. The first-order valence-electron chi connectivity index (χ1n) is 5.14. The number of nitrogens with zero attached hydrogens (tertiary/aromatic N) is 3. The molecule has 0 aliphatic carbocycles. The zero-order valence-electron chi connectivity index (χ0n) is 9.48. The van der Waals surface area contributed by atoms with Crippen molar-refractivity contribution in [3.63, 3.8) is 0 Å². The molecule has 0 saturated heterocycles. The van der Waals surface area contributed by atoms with Gasteiger partial charge in [-0.25, -0.2) is 4.68 Å². The number of benzene rings is 1. The molecule has 1 aromatic carbocycles. The van der Waals surface area contributed by atoms with E-state index in [2.05, 4.69) is 15.0 Å². The summed E-state index contributed by atoms with van der Waals surface area (Å²) in [5.74, 6) is -0.235. The number of hydrogen-bond acceptors (Lipinski definition) is 3. The van der Waals surface area contributed by atoms with Crippen molar-refractivity contribution in [2.45, 2.75) is 19.8 Å². The van der Waals surface area contributed by atoms with E-state index in [0.717, 1.165) is 11.3 Å². The molecule has 0 amide bonds. The van der Waals surface area contributed by atoms with E-state index < -0.39 is 6.36 Å². The average Bonchev–Trinajstić information content (AvgIpc) is 2.65. The molecule has 1 aromatic heterocycles. The van der Waals surface area contributed by atoms with E-state index in [1.54, 1.807) is 23.0 Å². The molecule has 1 heterocycles. The normalized spacial score (nSPS) is 11.6. The van der Waals surface area contributed by atoms with Gasteiger partial charge in [0.05, 0.1) is 12.2 Å². The highest BCUT2D eigenvalue weighted by Gasteiger charge is 2.30. The number of aromatic nitrogens is 3. The first-order chi connectivity index (χ1) is 8.42. The van der Waals surface area contributed by atoms with E-state index in [4.69, 9.17) is 0 Å². The highest BCUT2D eigenvalue weighted by Crippen LogP contribution is 2.22. The number of ether oxygens (including phenoxy) is 1. The smallest absolute Gasteiger partial charge is 0.406 e. The quantitative estimate of drug-likeness (QED) is 0.848. The molecule has 18 heavy (non-hydrogen) atoms. The van der Waals surface area contributed by atoms with Crippen LogP contribution >= 0.6 is 0 Å². The van der Waals surface area contributed by atoms with E-state index >= 15 is 0 Å². The summed E-state index contributed by atoms with van der Waals surface area (Å²) in [5, 5.41) is 7.67. The van der Waals surface area contributed by atoms with Crippen molar-refractivity contribution in [2.24, 2.45) is 0 Å². The number of rotatable bonds is 3.